The van der Waals surface area contributed by atoms with Crippen LogP contribution in [0.1, 0.15) is 23.3 Å². The summed E-state index contributed by atoms with van der Waals surface area (Å²) in [7, 11) is 1.70. The van der Waals surface area contributed by atoms with Crippen molar-refractivity contribution in [3.8, 4) is 0 Å². The van der Waals surface area contributed by atoms with Crippen LogP contribution in [0.4, 0.5) is 0 Å². The van der Waals surface area contributed by atoms with E-state index >= 15 is 0 Å². The number of piperidine rings is 1. The van der Waals surface area contributed by atoms with Crippen LogP contribution in [0.2, 0.25) is 0 Å². The highest BCUT2D eigenvalue weighted by Gasteiger charge is 2.31. The molecule has 6 heteroatoms. The summed E-state index contributed by atoms with van der Waals surface area (Å²) >= 11 is 0. The number of H-pyrrole nitrogens is 1. The summed E-state index contributed by atoms with van der Waals surface area (Å²) in [5, 5.41) is 6.48. The molecule has 0 saturated carbocycles. The number of carbonyl (C=O) groups is 1. The van der Waals surface area contributed by atoms with E-state index in [1.165, 1.54) is 0 Å². The first kappa shape index (κ1) is 12.1. The van der Waals surface area contributed by atoms with Crippen LogP contribution in [0.3, 0.4) is 0 Å². The van der Waals surface area contributed by atoms with E-state index in [1.54, 1.807) is 19.4 Å². The second-order valence-corrected chi connectivity index (χ2v) is 4.24. The molecular weight excluding hydrogens is 220 g/mol. The Kier molecular flexibility index (Phi) is 3.75. The average Bonchev–Trinajstić information content (AvgIpc) is 2.91. The Bertz CT molecular complexity index is 366. The number of nitrogens with two attached hydrogens (primary N) is 1. The number of carbonyl (C=O) groups excluding carboxylic acids is 1. The molecular formula is C11H18N4O2. The Labute approximate surface area is 100 Å². The van der Waals surface area contributed by atoms with Crippen molar-refractivity contribution in [1.82, 2.24) is 15.1 Å². The molecule has 0 bridgehead atoms. The Hall–Kier alpha value is -1.40. The molecule has 1 aromatic heterocycles. The number of nitrogens with zero attached hydrogens (tertiary/aromatic N) is 2. The number of aromatic amines is 1. The van der Waals surface area contributed by atoms with Gasteiger partial charge in [0.25, 0.3) is 5.91 Å². The molecule has 6 nitrogen and oxygen atoms in total. The van der Waals surface area contributed by atoms with E-state index in [1.807, 2.05) is 4.90 Å². The van der Waals surface area contributed by atoms with Crippen LogP contribution in [-0.4, -0.2) is 53.3 Å². The number of nitrogens with one attached hydrogen (secondary N) is 1. The van der Waals surface area contributed by atoms with Crippen LogP contribution < -0.4 is 5.73 Å². The number of likely N-dealkylation sites (tertiary alicyclic amines) is 1. The lowest BCUT2D eigenvalue weighted by molar-refractivity contribution is 0.0136. The van der Waals surface area contributed by atoms with Gasteiger partial charge in [0, 0.05) is 32.4 Å². The van der Waals surface area contributed by atoms with E-state index in [2.05, 4.69) is 10.2 Å². The third-order valence-corrected chi connectivity index (χ3v) is 3.27. The van der Waals surface area contributed by atoms with Gasteiger partial charge in [0.2, 0.25) is 0 Å². The lowest BCUT2D eigenvalue weighted by Crippen LogP contribution is -2.51. The van der Waals surface area contributed by atoms with Crippen molar-refractivity contribution < 1.29 is 9.53 Å². The summed E-state index contributed by atoms with van der Waals surface area (Å²) in [5.41, 5.74) is 6.24. The highest BCUT2D eigenvalue weighted by atomic mass is 16.5. The van der Waals surface area contributed by atoms with Gasteiger partial charge in [-0.15, -0.1) is 0 Å². The van der Waals surface area contributed by atoms with Crippen LogP contribution in [0, 0.1) is 0 Å². The van der Waals surface area contributed by atoms with Crippen molar-refractivity contribution in [3.63, 3.8) is 0 Å². The molecule has 94 valence electrons. The van der Waals surface area contributed by atoms with Gasteiger partial charge in [-0.1, -0.05) is 0 Å². The molecule has 1 fully saturated rings. The monoisotopic (exact) mass is 238 g/mol. The van der Waals surface area contributed by atoms with Gasteiger partial charge in [-0.2, -0.15) is 5.10 Å². The number of methoxy groups -OCH3 is 1. The molecule has 1 aliphatic heterocycles. The number of ether oxygens (including phenoxy) is 1. The van der Waals surface area contributed by atoms with Crippen molar-refractivity contribution in [1.29, 1.82) is 0 Å². The fourth-order valence-electron chi connectivity index (χ4n) is 2.25. The van der Waals surface area contributed by atoms with Crippen molar-refractivity contribution in [2.24, 2.45) is 5.73 Å². The highest BCUT2D eigenvalue weighted by Crippen LogP contribution is 2.20. The Morgan fingerprint density at radius 2 is 2.59 bits per heavy atom. The van der Waals surface area contributed by atoms with E-state index in [4.69, 9.17) is 10.5 Å². The summed E-state index contributed by atoms with van der Waals surface area (Å²) < 4.78 is 5.33. The molecule has 0 aromatic carbocycles. The normalized spacial score (nSPS) is 24.9. The fourth-order valence-corrected chi connectivity index (χ4v) is 2.25. The first-order valence-corrected chi connectivity index (χ1v) is 5.79. The molecule has 0 aliphatic carbocycles. The van der Waals surface area contributed by atoms with E-state index < -0.39 is 0 Å². The van der Waals surface area contributed by atoms with Gasteiger partial charge in [-0.25, -0.2) is 0 Å². The minimum Gasteiger partial charge on any atom is -0.381 e. The minimum atomic E-state index is -0.0347. The Morgan fingerprint density at radius 1 is 1.76 bits per heavy atom. The number of amides is 1. The van der Waals surface area contributed by atoms with Gasteiger partial charge in [0.05, 0.1) is 6.10 Å². The van der Waals surface area contributed by atoms with Crippen LogP contribution >= 0.6 is 0 Å². The van der Waals surface area contributed by atoms with Gasteiger partial charge in [-0.05, 0) is 18.9 Å². The van der Waals surface area contributed by atoms with Crippen molar-refractivity contribution in [2.45, 2.75) is 25.0 Å². The first-order valence-electron chi connectivity index (χ1n) is 5.79. The molecule has 2 atom stereocenters. The summed E-state index contributed by atoms with van der Waals surface area (Å²) in [4.78, 5) is 14.0. The summed E-state index contributed by atoms with van der Waals surface area (Å²) in [6.07, 6.45) is 3.43. The van der Waals surface area contributed by atoms with Crippen molar-refractivity contribution in [2.75, 3.05) is 20.2 Å². The van der Waals surface area contributed by atoms with Gasteiger partial charge < -0.3 is 15.4 Å². The number of hydrogen-bond donors (Lipinski definition) is 2. The standard InChI is InChI=1S/C11H18N4O2/c1-17-9-3-5-15(8(6-9)7-12)11(16)10-2-4-13-14-10/h2,4,8-9H,3,5-7,12H2,1H3,(H,13,14). The minimum absolute atomic E-state index is 0.0347. The molecule has 0 spiro atoms. The molecule has 1 saturated heterocycles. The number of hydrogen-bond acceptors (Lipinski definition) is 4. The second-order valence-electron chi connectivity index (χ2n) is 4.24. The van der Waals surface area contributed by atoms with Crippen LogP contribution in [0.15, 0.2) is 12.3 Å². The van der Waals surface area contributed by atoms with Crippen LogP contribution in [0.5, 0.6) is 0 Å². The predicted molar refractivity (Wildman–Crippen MR) is 62.5 cm³/mol. The van der Waals surface area contributed by atoms with E-state index in [0.717, 1.165) is 12.8 Å². The maximum absolute atomic E-state index is 12.2. The molecule has 17 heavy (non-hydrogen) atoms. The lowest BCUT2D eigenvalue weighted by atomic mass is 9.99. The molecule has 2 unspecified atom stereocenters. The van der Waals surface area contributed by atoms with Gasteiger partial charge in [0.15, 0.2) is 0 Å². The van der Waals surface area contributed by atoms with E-state index in [9.17, 15) is 4.79 Å². The topological polar surface area (TPSA) is 84.2 Å². The van der Waals surface area contributed by atoms with Gasteiger partial charge in [0.1, 0.15) is 5.69 Å². The second kappa shape index (κ2) is 5.29. The molecule has 2 rings (SSSR count). The number of rotatable bonds is 3. The molecule has 2 heterocycles. The first-order chi connectivity index (χ1) is 8.26. The highest BCUT2D eigenvalue weighted by molar-refractivity contribution is 5.92. The largest absolute Gasteiger partial charge is 0.381 e. The third kappa shape index (κ3) is 2.48. The summed E-state index contributed by atoms with van der Waals surface area (Å²) in [5.74, 6) is -0.0347. The average molecular weight is 238 g/mol. The molecule has 3 N–H and O–H groups in total. The van der Waals surface area contributed by atoms with E-state index in [-0.39, 0.29) is 18.1 Å². The predicted octanol–water partition coefficient (Wildman–Crippen LogP) is -0.0120. The zero-order valence-electron chi connectivity index (χ0n) is 9.93. The summed E-state index contributed by atoms with van der Waals surface area (Å²) in [6, 6.07) is 1.72. The smallest absolute Gasteiger partial charge is 0.272 e. The Balaban J connectivity index is 2.07. The van der Waals surface area contributed by atoms with Crippen molar-refractivity contribution in [3.05, 3.63) is 18.0 Å². The van der Waals surface area contributed by atoms with Gasteiger partial charge >= 0.3 is 0 Å². The third-order valence-electron chi connectivity index (χ3n) is 3.27. The van der Waals surface area contributed by atoms with E-state index in [0.29, 0.717) is 18.8 Å². The van der Waals surface area contributed by atoms with Gasteiger partial charge in [-0.3, -0.25) is 9.89 Å². The zero-order valence-corrected chi connectivity index (χ0v) is 9.93. The van der Waals surface area contributed by atoms with Crippen LogP contribution in [0.25, 0.3) is 0 Å². The SMILES string of the molecule is COC1CCN(C(=O)c2ccn[nH]2)C(CN)C1. The van der Waals surface area contributed by atoms with Crippen molar-refractivity contribution >= 4 is 5.91 Å². The molecule has 1 amide bonds. The maximum Gasteiger partial charge on any atom is 0.272 e. The fraction of sp³-hybridized carbons (Fsp3) is 0.636. The molecule has 1 aromatic rings. The quantitative estimate of drug-likeness (QED) is 0.775. The Morgan fingerprint density at radius 3 is 3.18 bits per heavy atom. The maximum atomic E-state index is 12.2. The lowest BCUT2D eigenvalue weighted by Gasteiger charge is -2.38. The van der Waals surface area contributed by atoms with Crippen LogP contribution in [-0.2, 0) is 4.74 Å². The summed E-state index contributed by atoms with van der Waals surface area (Å²) in [6.45, 7) is 1.14. The number of aromatic nitrogens is 2. The molecule has 1 aliphatic rings. The zero-order chi connectivity index (χ0) is 12.3. The molecule has 0 radical (unpaired) electrons.